The average molecular weight is 242 g/mol. The number of likely N-dealkylation sites (tertiary alicyclic amines) is 1. The molecule has 1 N–H and O–H groups in total. The van der Waals surface area contributed by atoms with E-state index in [0.717, 1.165) is 25.9 Å². The Kier molecular flexibility index (Phi) is 4.78. The summed E-state index contributed by atoms with van der Waals surface area (Å²) in [4.78, 5) is 26.2. The molecule has 1 aliphatic rings. The number of nitrogens with zero attached hydrogens (tertiary/aromatic N) is 2. The van der Waals surface area contributed by atoms with Crippen molar-refractivity contribution in [2.45, 2.75) is 39.7 Å². The minimum Gasteiger partial charge on any atom is -0.480 e. The van der Waals surface area contributed by atoms with Crippen LogP contribution in [0.15, 0.2) is 0 Å². The van der Waals surface area contributed by atoms with E-state index < -0.39 is 5.97 Å². The van der Waals surface area contributed by atoms with Crippen molar-refractivity contribution >= 4 is 12.0 Å². The molecule has 1 heterocycles. The van der Waals surface area contributed by atoms with Gasteiger partial charge in [-0.1, -0.05) is 13.8 Å². The van der Waals surface area contributed by atoms with Crippen molar-refractivity contribution < 1.29 is 14.7 Å². The molecule has 0 aromatic heterocycles. The molecule has 0 radical (unpaired) electrons. The molecule has 2 amide bonds. The summed E-state index contributed by atoms with van der Waals surface area (Å²) in [6, 6.07) is -0.166. The maximum Gasteiger partial charge on any atom is 0.323 e. The SMILES string of the molecule is CCC(C)N(CC(=O)O)C(=O)N1CCC(C)C1. The molecule has 0 aromatic carbocycles. The molecule has 0 saturated carbocycles. The fourth-order valence-corrected chi connectivity index (χ4v) is 2.07. The van der Waals surface area contributed by atoms with Gasteiger partial charge in [-0.3, -0.25) is 4.79 Å². The van der Waals surface area contributed by atoms with E-state index in [4.69, 9.17) is 5.11 Å². The van der Waals surface area contributed by atoms with E-state index in [-0.39, 0.29) is 18.6 Å². The van der Waals surface area contributed by atoms with E-state index in [1.54, 1.807) is 4.90 Å². The number of carbonyl (C=O) groups excluding carboxylic acids is 1. The van der Waals surface area contributed by atoms with Gasteiger partial charge in [0.1, 0.15) is 6.54 Å². The Morgan fingerprint density at radius 3 is 2.59 bits per heavy atom. The van der Waals surface area contributed by atoms with Gasteiger partial charge in [0.05, 0.1) is 0 Å². The summed E-state index contributed by atoms with van der Waals surface area (Å²) in [7, 11) is 0. The van der Waals surface area contributed by atoms with Gasteiger partial charge >= 0.3 is 12.0 Å². The van der Waals surface area contributed by atoms with Gasteiger partial charge in [-0.15, -0.1) is 0 Å². The van der Waals surface area contributed by atoms with E-state index in [1.165, 1.54) is 4.90 Å². The van der Waals surface area contributed by atoms with Crippen LogP contribution in [0.2, 0.25) is 0 Å². The zero-order chi connectivity index (χ0) is 13.0. The predicted octanol–water partition coefficient (Wildman–Crippen LogP) is 1.63. The Hall–Kier alpha value is -1.26. The summed E-state index contributed by atoms with van der Waals surface area (Å²) in [5.41, 5.74) is 0. The maximum absolute atomic E-state index is 12.2. The minimum absolute atomic E-state index is 0.0329. The largest absolute Gasteiger partial charge is 0.480 e. The minimum atomic E-state index is -0.953. The molecule has 1 fully saturated rings. The molecule has 0 aliphatic carbocycles. The molecule has 98 valence electrons. The van der Waals surface area contributed by atoms with Crippen LogP contribution in [0.1, 0.15) is 33.6 Å². The fraction of sp³-hybridized carbons (Fsp3) is 0.833. The number of carboxylic acids is 1. The highest BCUT2D eigenvalue weighted by Gasteiger charge is 2.30. The van der Waals surface area contributed by atoms with E-state index in [1.807, 2.05) is 13.8 Å². The van der Waals surface area contributed by atoms with Crippen molar-refractivity contribution in [3.8, 4) is 0 Å². The standard InChI is InChI=1S/C12H22N2O3/c1-4-10(3)14(8-11(15)16)12(17)13-6-5-9(2)7-13/h9-10H,4-8H2,1-3H3,(H,15,16). The quantitative estimate of drug-likeness (QED) is 0.815. The van der Waals surface area contributed by atoms with Gasteiger partial charge in [0.25, 0.3) is 0 Å². The molecule has 17 heavy (non-hydrogen) atoms. The highest BCUT2D eigenvalue weighted by molar-refractivity contribution is 5.80. The van der Waals surface area contributed by atoms with Gasteiger partial charge < -0.3 is 14.9 Å². The first-order valence-corrected chi connectivity index (χ1v) is 6.23. The normalized spacial score (nSPS) is 21.4. The van der Waals surface area contributed by atoms with Gasteiger partial charge in [0.2, 0.25) is 0 Å². The van der Waals surface area contributed by atoms with Crippen LogP contribution in [0.4, 0.5) is 4.79 Å². The second-order valence-electron chi connectivity index (χ2n) is 4.90. The van der Waals surface area contributed by atoms with E-state index >= 15 is 0 Å². The summed E-state index contributed by atoms with van der Waals surface area (Å²) in [5, 5.41) is 8.86. The van der Waals surface area contributed by atoms with Crippen molar-refractivity contribution in [2.75, 3.05) is 19.6 Å². The maximum atomic E-state index is 12.2. The van der Waals surface area contributed by atoms with Crippen molar-refractivity contribution in [2.24, 2.45) is 5.92 Å². The van der Waals surface area contributed by atoms with Gasteiger partial charge in [0.15, 0.2) is 0 Å². The van der Waals surface area contributed by atoms with Gasteiger partial charge in [-0.25, -0.2) is 4.79 Å². The second kappa shape index (κ2) is 5.89. The van der Waals surface area contributed by atoms with Crippen LogP contribution in [0, 0.1) is 5.92 Å². The molecule has 1 saturated heterocycles. The van der Waals surface area contributed by atoms with E-state index in [2.05, 4.69) is 6.92 Å². The van der Waals surface area contributed by atoms with E-state index in [9.17, 15) is 9.59 Å². The molecule has 0 aromatic rings. The van der Waals surface area contributed by atoms with E-state index in [0.29, 0.717) is 5.92 Å². The first-order valence-electron chi connectivity index (χ1n) is 6.23. The van der Waals surface area contributed by atoms with Crippen LogP contribution in [0.5, 0.6) is 0 Å². The lowest BCUT2D eigenvalue weighted by Crippen LogP contribution is -2.48. The lowest BCUT2D eigenvalue weighted by Gasteiger charge is -2.31. The number of urea groups is 1. The number of carboxylic acid groups (broad SMARTS) is 1. The Balaban J connectivity index is 2.68. The highest BCUT2D eigenvalue weighted by Crippen LogP contribution is 2.18. The number of aliphatic carboxylic acids is 1. The van der Waals surface area contributed by atoms with Crippen LogP contribution in [-0.2, 0) is 4.79 Å². The molecule has 5 nitrogen and oxygen atoms in total. The number of carbonyl (C=O) groups is 2. The Labute approximate surface area is 102 Å². The molecule has 0 bridgehead atoms. The van der Waals surface area contributed by atoms with Crippen LogP contribution >= 0.6 is 0 Å². The zero-order valence-corrected chi connectivity index (χ0v) is 10.8. The highest BCUT2D eigenvalue weighted by atomic mass is 16.4. The third kappa shape index (κ3) is 3.61. The van der Waals surface area contributed by atoms with Crippen LogP contribution < -0.4 is 0 Å². The Morgan fingerprint density at radius 2 is 2.18 bits per heavy atom. The molecular weight excluding hydrogens is 220 g/mol. The lowest BCUT2D eigenvalue weighted by molar-refractivity contribution is -0.138. The predicted molar refractivity (Wildman–Crippen MR) is 64.8 cm³/mol. The summed E-state index contributed by atoms with van der Waals surface area (Å²) < 4.78 is 0. The molecule has 1 rings (SSSR count). The van der Waals surface area contributed by atoms with Crippen LogP contribution in [-0.4, -0.2) is 52.6 Å². The van der Waals surface area contributed by atoms with Gasteiger partial charge in [0, 0.05) is 19.1 Å². The first-order chi connectivity index (χ1) is 7.95. The van der Waals surface area contributed by atoms with Crippen LogP contribution in [0.3, 0.4) is 0 Å². The molecular formula is C12H22N2O3. The van der Waals surface area contributed by atoms with Crippen molar-refractivity contribution in [3.05, 3.63) is 0 Å². The lowest BCUT2D eigenvalue weighted by atomic mass is 10.2. The zero-order valence-electron chi connectivity index (χ0n) is 10.8. The Morgan fingerprint density at radius 1 is 1.53 bits per heavy atom. The summed E-state index contributed by atoms with van der Waals surface area (Å²) in [6.07, 6.45) is 1.77. The van der Waals surface area contributed by atoms with Gasteiger partial charge in [-0.05, 0) is 25.7 Å². The molecule has 2 atom stereocenters. The third-order valence-corrected chi connectivity index (χ3v) is 3.37. The second-order valence-corrected chi connectivity index (χ2v) is 4.90. The van der Waals surface area contributed by atoms with Crippen LogP contribution in [0.25, 0.3) is 0 Å². The Bertz CT molecular complexity index is 293. The number of hydrogen-bond donors (Lipinski definition) is 1. The number of rotatable bonds is 4. The smallest absolute Gasteiger partial charge is 0.323 e. The summed E-state index contributed by atoms with van der Waals surface area (Å²) in [6.45, 7) is 7.23. The number of amides is 2. The van der Waals surface area contributed by atoms with Crippen molar-refractivity contribution in [1.29, 1.82) is 0 Å². The molecule has 1 aliphatic heterocycles. The van der Waals surface area contributed by atoms with Crippen molar-refractivity contribution in [3.63, 3.8) is 0 Å². The molecule has 2 unspecified atom stereocenters. The monoisotopic (exact) mass is 242 g/mol. The average Bonchev–Trinajstić information content (AvgIpc) is 2.70. The first kappa shape index (κ1) is 13.8. The molecule has 0 spiro atoms. The third-order valence-electron chi connectivity index (χ3n) is 3.37. The number of hydrogen-bond acceptors (Lipinski definition) is 2. The topological polar surface area (TPSA) is 60.9 Å². The summed E-state index contributed by atoms with van der Waals surface area (Å²) >= 11 is 0. The fourth-order valence-electron chi connectivity index (χ4n) is 2.07. The van der Waals surface area contributed by atoms with Gasteiger partial charge in [-0.2, -0.15) is 0 Å². The van der Waals surface area contributed by atoms with Crippen molar-refractivity contribution in [1.82, 2.24) is 9.80 Å². The summed E-state index contributed by atoms with van der Waals surface area (Å²) in [5.74, 6) is -0.437. The molecule has 5 heteroatoms.